The molecule has 0 fully saturated rings. The average molecular weight is 337 g/mol. The predicted molar refractivity (Wildman–Crippen MR) is 94.9 cm³/mol. The lowest BCUT2D eigenvalue weighted by atomic mass is 10.2. The molecule has 5 nitrogen and oxygen atoms in total. The van der Waals surface area contributed by atoms with Crippen molar-refractivity contribution >= 4 is 23.0 Å². The van der Waals surface area contributed by atoms with Gasteiger partial charge in [-0.2, -0.15) is 0 Å². The second-order valence-corrected chi connectivity index (χ2v) is 5.28. The molecule has 6 heteroatoms. The fourth-order valence-electron chi connectivity index (χ4n) is 2.24. The van der Waals surface area contributed by atoms with Crippen LogP contribution in [0, 0.1) is 5.82 Å². The van der Waals surface area contributed by atoms with Gasteiger partial charge in [0.05, 0.1) is 24.6 Å². The fraction of sp³-hybridized carbons (Fsp3) is 0.0526. The van der Waals surface area contributed by atoms with Crippen LogP contribution in [0.25, 0.3) is 0 Å². The Balaban J connectivity index is 1.73. The van der Waals surface area contributed by atoms with E-state index in [0.29, 0.717) is 28.4 Å². The van der Waals surface area contributed by atoms with Gasteiger partial charge in [-0.15, -0.1) is 0 Å². The molecule has 0 aliphatic carbocycles. The van der Waals surface area contributed by atoms with Crippen LogP contribution in [-0.2, 0) is 0 Å². The molecule has 0 aliphatic rings. The number of hydrogen-bond donors (Lipinski definition) is 2. The number of methoxy groups -OCH3 is 1. The van der Waals surface area contributed by atoms with Gasteiger partial charge in [0, 0.05) is 23.6 Å². The second-order valence-electron chi connectivity index (χ2n) is 5.28. The van der Waals surface area contributed by atoms with E-state index in [4.69, 9.17) is 4.74 Å². The van der Waals surface area contributed by atoms with Crippen molar-refractivity contribution in [1.29, 1.82) is 0 Å². The van der Waals surface area contributed by atoms with Gasteiger partial charge >= 0.3 is 0 Å². The Labute approximate surface area is 144 Å². The van der Waals surface area contributed by atoms with E-state index in [0.717, 1.165) is 0 Å². The Hall–Kier alpha value is -3.41. The van der Waals surface area contributed by atoms with E-state index in [9.17, 15) is 9.18 Å². The minimum absolute atomic E-state index is 0.288. The van der Waals surface area contributed by atoms with E-state index in [-0.39, 0.29) is 11.7 Å². The quantitative estimate of drug-likeness (QED) is 0.731. The van der Waals surface area contributed by atoms with Crippen molar-refractivity contribution in [1.82, 2.24) is 4.98 Å². The molecular weight excluding hydrogens is 321 g/mol. The summed E-state index contributed by atoms with van der Waals surface area (Å²) >= 11 is 0. The predicted octanol–water partition coefficient (Wildman–Crippen LogP) is 4.23. The number of halogens is 1. The van der Waals surface area contributed by atoms with E-state index in [1.807, 2.05) is 0 Å². The fourth-order valence-corrected chi connectivity index (χ4v) is 2.24. The zero-order valence-electron chi connectivity index (χ0n) is 13.5. The zero-order valence-corrected chi connectivity index (χ0v) is 13.5. The van der Waals surface area contributed by atoms with E-state index < -0.39 is 0 Å². The highest BCUT2D eigenvalue weighted by Crippen LogP contribution is 2.20. The van der Waals surface area contributed by atoms with E-state index in [2.05, 4.69) is 15.6 Å². The molecule has 1 amide bonds. The summed E-state index contributed by atoms with van der Waals surface area (Å²) in [5, 5.41) is 5.87. The summed E-state index contributed by atoms with van der Waals surface area (Å²) in [7, 11) is 1.56. The molecule has 2 aromatic carbocycles. The first-order valence-electron chi connectivity index (χ1n) is 7.57. The van der Waals surface area contributed by atoms with Crippen LogP contribution in [0.3, 0.4) is 0 Å². The molecular formula is C19H16FN3O2. The van der Waals surface area contributed by atoms with Gasteiger partial charge in [-0.25, -0.2) is 4.39 Å². The summed E-state index contributed by atoms with van der Waals surface area (Å²) in [6.07, 6.45) is 3.07. The Kier molecular flexibility index (Phi) is 4.89. The van der Waals surface area contributed by atoms with Crippen LogP contribution in [0.2, 0.25) is 0 Å². The molecule has 0 saturated carbocycles. The van der Waals surface area contributed by atoms with Gasteiger partial charge in [-0.1, -0.05) is 6.07 Å². The number of anilines is 3. The molecule has 126 valence electrons. The monoisotopic (exact) mass is 337 g/mol. The number of carbonyl (C=O) groups is 1. The molecule has 0 saturated heterocycles. The standard InChI is InChI=1S/C19H16FN3O2/c1-25-18-4-2-3-16(10-18)23-19(24)13-9-17(12-21-11-13)22-15-7-5-14(20)6-8-15/h2-12,22H,1H3,(H,23,24). The molecule has 3 rings (SSSR count). The van der Waals surface area contributed by atoms with Gasteiger partial charge in [0.15, 0.2) is 0 Å². The minimum Gasteiger partial charge on any atom is -0.497 e. The first-order chi connectivity index (χ1) is 12.1. The third-order valence-electron chi connectivity index (χ3n) is 3.46. The first-order valence-corrected chi connectivity index (χ1v) is 7.57. The maximum Gasteiger partial charge on any atom is 0.257 e. The van der Waals surface area contributed by atoms with Crippen LogP contribution >= 0.6 is 0 Å². The van der Waals surface area contributed by atoms with Crippen molar-refractivity contribution in [2.45, 2.75) is 0 Å². The molecule has 0 unspecified atom stereocenters. The van der Waals surface area contributed by atoms with Gasteiger partial charge in [-0.05, 0) is 42.5 Å². The van der Waals surface area contributed by atoms with Gasteiger partial charge in [0.25, 0.3) is 5.91 Å². The molecule has 1 aromatic heterocycles. The summed E-state index contributed by atoms with van der Waals surface area (Å²) in [4.78, 5) is 16.5. The van der Waals surface area contributed by atoms with E-state index in [1.54, 1.807) is 55.8 Å². The van der Waals surface area contributed by atoms with Gasteiger partial charge in [0.1, 0.15) is 11.6 Å². The smallest absolute Gasteiger partial charge is 0.257 e. The van der Waals surface area contributed by atoms with E-state index in [1.165, 1.54) is 18.3 Å². The van der Waals surface area contributed by atoms with Crippen molar-refractivity contribution in [3.05, 3.63) is 78.4 Å². The lowest BCUT2D eigenvalue weighted by Crippen LogP contribution is -2.12. The molecule has 0 spiro atoms. The lowest BCUT2D eigenvalue weighted by Gasteiger charge is -2.09. The molecule has 0 aliphatic heterocycles. The van der Waals surface area contributed by atoms with Crippen molar-refractivity contribution in [2.24, 2.45) is 0 Å². The third-order valence-corrected chi connectivity index (χ3v) is 3.46. The number of aromatic nitrogens is 1. The van der Waals surface area contributed by atoms with Crippen LogP contribution in [0.5, 0.6) is 5.75 Å². The molecule has 0 radical (unpaired) electrons. The third kappa shape index (κ3) is 4.32. The molecule has 1 heterocycles. The van der Waals surface area contributed by atoms with Crippen molar-refractivity contribution < 1.29 is 13.9 Å². The topological polar surface area (TPSA) is 63.2 Å². The Morgan fingerprint density at radius 3 is 2.56 bits per heavy atom. The first kappa shape index (κ1) is 16.4. The van der Waals surface area contributed by atoms with Crippen molar-refractivity contribution in [2.75, 3.05) is 17.7 Å². The molecule has 2 N–H and O–H groups in total. The van der Waals surface area contributed by atoms with Crippen molar-refractivity contribution in [3.8, 4) is 5.75 Å². The van der Waals surface area contributed by atoms with Crippen LogP contribution in [0.15, 0.2) is 67.0 Å². The lowest BCUT2D eigenvalue weighted by molar-refractivity contribution is 0.102. The number of hydrogen-bond acceptors (Lipinski definition) is 4. The SMILES string of the molecule is COc1cccc(NC(=O)c2cncc(Nc3ccc(F)cc3)c2)c1. The number of nitrogens with zero attached hydrogens (tertiary/aromatic N) is 1. The minimum atomic E-state index is -0.310. The summed E-state index contributed by atoms with van der Waals surface area (Å²) in [6, 6.07) is 14.7. The summed E-state index contributed by atoms with van der Waals surface area (Å²) < 4.78 is 18.1. The van der Waals surface area contributed by atoms with Crippen LogP contribution in [-0.4, -0.2) is 18.0 Å². The van der Waals surface area contributed by atoms with Crippen LogP contribution < -0.4 is 15.4 Å². The number of nitrogens with one attached hydrogen (secondary N) is 2. The average Bonchev–Trinajstić information content (AvgIpc) is 2.64. The molecule has 25 heavy (non-hydrogen) atoms. The largest absolute Gasteiger partial charge is 0.497 e. The highest BCUT2D eigenvalue weighted by molar-refractivity contribution is 6.04. The number of ether oxygens (including phenoxy) is 1. The number of pyridine rings is 1. The van der Waals surface area contributed by atoms with E-state index >= 15 is 0 Å². The molecule has 3 aromatic rings. The Morgan fingerprint density at radius 2 is 1.80 bits per heavy atom. The van der Waals surface area contributed by atoms with Crippen LogP contribution in [0.1, 0.15) is 10.4 Å². The zero-order chi connectivity index (χ0) is 17.6. The molecule has 0 bridgehead atoms. The highest BCUT2D eigenvalue weighted by Gasteiger charge is 2.08. The number of amides is 1. The Bertz CT molecular complexity index is 882. The number of benzene rings is 2. The maximum atomic E-state index is 13.0. The summed E-state index contributed by atoms with van der Waals surface area (Å²) in [5.41, 5.74) is 2.36. The second kappa shape index (κ2) is 7.44. The number of carbonyl (C=O) groups excluding carboxylic acids is 1. The summed E-state index contributed by atoms with van der Waals surface area (Å²) in [6.45, 7) is 0. The van der Waals surface area contributed by atoms with Gasteiger partial charge in [-0.3, -0.25) is 9.78 Å². The van der Waals surface area contributed by atoms with Crippen LogP contribution in [0.4, 0.5) is 21.5 Å². The van der Waals surface area contributed by atoms with Gasteiger partial charge < -0.3 is 15.4 Å². The summed E-state index contributed by atoms with van der Waals surface area (Å²) in [5.74, 6) is 0.0567. The van der Waals surface area contributed by atoms with Gasteiger partial charge in [0.2, 0.25) is 0 Å². The van der Waals surface area contributed by atoms with Crippen molar-refractivity contribution in [3.63, 3.8) is 0 Å². The normalized spacial score (nSPS) is 10.2. The number of rotatable bonds is 5. The highest BCUT2D eigenvalue weighted by atomic mass is 19.1. The Morgan fingerprint density at radius 1 is 1.00 bits per heavy atom. The molecule has 0 atom stereocenters. The maximum absolute atomic E-state index is 13.0.